The fourth-order valence-corrected chi connectivity index (χ4v) is 1.21. The SMILES string of the molecule is CCCNC(=O)C(C)NC(=O)c1[nH]ncc1N. The summed E-state index contributed by atoms with van der Waals surface area (Å²) < 4.78 is 0. The monoisotopic (exact) mass is 239 g/mol. The standard InChI is InChI=1S/C10H17N5O2/c1-3-4-12-9(16)6(2)14-10(17)8-7(11)5-13-15-8/h5-6H,3-4,11H2,1-2H3,(H,12,16)(H,13,15)(H,14,17). The van der Waals surface area contributed by atoms with Gasteiger partial charge in [0.1, 0.15) is 11.7 Å². The maximum Gasteiger partial charge on any atom is 0.272 e. The predicted octanol–water partition coefficient (Wildman–Crippen LogP) is -0.364. The Labute approximate surface area is 99.1 Å². The number of carbonyl (C=O) groups is 2. The van der Waals surface area contributed by atoms with Crippen molar-refractivity contribution in [3.05, 3.63) is 11.9 Å². The van der Waals surface area contributed by atoms with Gasteiger partial charge in [-0.25, -0.2) is 0 Å². The summed E-state index contributed by atoms with van der Waals surface area (Å²) in [5.41, 5.74) is 5.94. The molecular formula is C10H17N5O2. The number of aromatic amines is 1. The van der Waals surface area contributed by atoms with Crippen LogP contribution in [0.3, 0.4) is 0 Å². The summed E-state index contributed by atoms with van der Waals surface area (Å²) >= 11 is 0. The molecule has 0 aliphatic heterocycles. The molecule has 0 aliphatic carbocycles. The van der Waals surface area contributed by atoms with Crippen LogP contribution in [0.5, 0.6) is 0 Å². The van der Waals surface area contributed by atoms with Gasteiger partial charge in [0.2, 0.25) is 5.91 Å². The van der Waals surface area contributed by atoms with Crippen molar-refractivity contribution in [1.29, 1.82) is 0 Å². The van der Waals surface area contributed by atoms with Crippen molar-refractivity contribution in [2.75, 3.05) is 12.3 Å². The molecule has 0 spiro atoms. The number of nitrogens with one attached hydrogen (secondary N) is 3. The first-order valence-electron chi connectivity index (χ1n) is 5.43. The molecule has 94 valence electrons. The summed E-state index contributed by atoms with van der Waals surface area (Å²) in [5.74, 6) is -0.669. The highest BCUT2D eigenvalue weighted by Gasteiger charge is 2.18. The number of nitrogen functional groups attached to an aromatic ring is 1. The van der Waals surface area contributed by atoms with Crippen LogP contribution in [0.25, 0.3) is 0 Å². The fourth-order valence-electron chi connectivity index (χ4n) is 1.21. The van der Waals surface area contributed by atoms with Crippen molar-refractivity contribution in [3.8, 4) is 0 Å². The molecule has 0 radical (unpaired) electrons. The molecule has 1 aromatic heterocycles. The van der Waals surface area contributed by atoms with Crippen LogP contribution in [0, 0.1) is 0 Å². The molecule has 1 heterocycles. The van der Waals surface area contributed by atoms with Crippen LogP contribution in [-0.2, 0) is 4.79 Å². The third-order valence-electron chi connectivity index (χ3n) is 2.19. The van der Waals surface area contributed by atoms with Crippen molar-refractivity contribution in [3.63, 3.8) is 0 Å². The molecule has 17 heavy (non-hydrogen) atoms. The van der Waals surface area contributed by atoms with Gasteiger partial charge in [-0.15, -0.1) is 0 Å². The van der Waals surface area contributed by atoms with Gasteiger partial charge in [0.25, 0.3) is 5.91 Å². The Balaban J connectivity index is 2.51. The van der Waals surface area contributed by atoms with Gasteiger partial charge in [-0.3, -0.25) is 14.7 Å². The Morgan fingerprint density at radius 2 is 2.29 bits per heavy atom. The number of anilines is 1. The molecule has 0 aromatic carbocycles. The summed E-state index contributed by atoms with van der Waals surface area (Å²) in [6.07, 6.45) is 2.19. The van der Waals surface area contributed by atoms with E-state index in [2.05, 4.69) is 20.8 Å². The highest BCUT2D eigenvalue weighted by atomic mass is 16.2. The molecule has 0 bridgehead atoms. The van der Waals surface area contributed by atoms with Crippen LogP contribution in [0.15, 0.2) is 6.20 Å². The molecule has 0 saturated carbocycles. The summed E-state index contributed by atoms with van der Waals surface area (Å²) in [4.78, 5) is 23.2. The van der Waals surface area contributed by atoms with Crippen LogP contribution in [0.2, 0.25) is 0 Å². The van der Waals surface area contributed by atoms with Gasteiger partial charge in [-0.05, 0) is 13.3 Å². The van der Waals surface area contributed by atoms with E-state index in [1.54, 1.807) is 6.92 Å². The number of H-pyrrole nitrogens is 1. The van der Waals surface area contributed by atoms with Gasteiger partial charge in [-0.1, -0.05) is 6.92 Å². The van der Waals surface area contributed by atoms with Gasteiger partial charge in [0.15, 0.2) is 0 Å². The molecule has 2 amide bonds. The van der Waals surface area contributed by atoms with Gasteiger partial charge in [0, 0.05) is 6.54 Å². The van der Waals surface area contributed by atoms with E-state index in [4.69, 9.17) is 5.73 Å². The third-order valence-corrected chi connectivity index (χ3v) is 2.19. The lowest BCUT2D eigenvalue weighted by Gasteiger charge is -2.13. The molecule has 7 nitrogen and oxygen atoms in total. The van der Waals surface area contributed by atoms with Crippen molar-refractivity contribution in [2.45, 2.75) is 26.3 Å². The van der Waals surface area contributed by atoms with E-state index in [1.807, 2.05) is 6.92 Å². The maximum atomic E-state index is 11.7. The Kier molecular flexibility index (Phi) is 4.50. The van der Waals surface area contributed by atoms with E-state index in [0.29, 0.717) is 6.54 Å². The van der Waals surface area contributed by atoms with Crippen molar-refractivity contribution in [2.24, 2.45) is 0 Å². The Morgan fingerprint density at radius 1 is 1.59 bits per heavy atom. The van der Waals surface area contributed by atoms with E-state index in [1.165, 1.54) is 6.20 Å². The molecule has 0 fully saturated rings. The zero-order valence-corrected chi connectivity index (χ0v) is 9.91. The van der Waals surface area contributed by atoms with Gasteiger partial charge in [-0.2, -0.15) is 5.10 Å². The van der Waals surface area contributed by atoms with Gasteiger partial charge in [0.05, 0.1) is 11.9 Å². The lowest BCUT2D eigenvalue weighted by Crippen LogP contribution is -2.45. The minimum atomic E-state index is -0.614. The Hall–Kier alpha value is -2.05. The molecule has 1 unspecified atom stereocenters. The van der Waals surface area contributed by atoms with Crippen LogP contribution < -0.4 is 16.4 Å². The number of amides is 2. The van der Waals surface area contributed by atoms with Crippen molar-refractivity contribution in [1.82, 2.24) is 20.8 Å². The second kappa shape index (κ2) is 5.88. The first-order valence-corrected chi connectivity index (χ1v) is 5.43. The molecule has 1 aromatic rings. The summed E-state index contributed by atoms with van der Waals surface area (Å²) in [6, 6.07) is -0.614. The predicted molar refractivity (Wildman–Crippen MR) is 63.2 cm³/mol. The van der Waals surface area contributed by atoms with Crippen LogP contribution in [0.4, 0.5) is 5.69 Å². The van der Waals surface area contributed by atoms with Gasteiger partial charge >= 0.3 is 0 Å². The Bertz CT molecular complexity index is 401. The summed E-state index contributed by atoms with van der Waals surface area (Å²) in [7, 11) is 0. The van der Waals surface area contributed by atoms with E-state index in [0.717, 1.165) is 6.42 Å². The number of rotatable bonds is 5. The topological polar surface area (TPSA) is 113 Å². The molecule has 1 atom stereocenters. The molecule has 0 aliphatic rings. The highest BCUT2D eigenvalue weighted by Crippen LogP contribution is 2.05. The number of hydrogen-bond donors (Lipinski definition) is 4. The second-order valence-corrected chi connectivity index (χ2v) is 3.69. The number of carbonyl (C=O) groups excluding carboxylic acids is 2. The minimum absolute atomic E-state index is 0.167. The second-order valence-electron chi connectivity index (χ2n) is 3.69. The van der Waals surface area contributed by atoms with Crippen LogP contribution >= 0.6 is 0 Å². The third kappa shape index (κ3) is 3.47. The Morgan fingerprint density at radius 3 is 2.82 bits per heavy atom. The zero-order valence-electron chi connectivity index (χ0n) is 9.91. The fraction of sp³-hybridized carbons (Fsp3) is 0.500. The van der Waals surface area contributed by atoms with E-state index in [-0.39, 0.29) is 17.3 Å². The molecule has 7 heteroatoms. The molecule has 1 rings (SSSR count). The van der Waals surface area contributed by atoms with Crippen molar-refractivity contribution >= 4 is 17.5 Å². The lowest BCUT2D eigenvalue weighted by molar-refractivity contribution is -0.122. The van der Waals surface area contributed by atoms with E-state index < -0.39 is 11.9 Å². The van der Waals surface area contributed by atoms with Crippen molar-refractivity contribution < 1.29 is 9.59 Å². The lowest BCUT2D eigenvalue weighted by atomic mass is 10.2. The average molecular weight is 239 g/mol. The number of nitrogens with zero attached hydrogens (tertiary/aromatic N) is 1. The first kappa shape index (κ1) is 13.0. The minimum Gasteiger partial charge on any atom is -0.396 e. The largest absolute Gasteiger partial charge is 0.396 e. The average Bonchev–Trinajstić information content (AvgIpc) is 2.72. The molecule has 0 saturated heterocycles. The summed E-state index contributed by atoms with van der Waals surface area (Å²) in [6.45, 7) is 4.15. The van der Waals surface area contributed by atoms with E-state index >= 15 is 0 Å². The molecule has 5 N–H and O–H groups in total. The van der Waals surface area contributed by atoms with Crippen LogP contribution in [0.1, 0.15) is 30.8 Å². The highest BCUT2D eigenvalue weighted by molar-refractivity contribution is 5.99. The van der Waals surface area contributed by atoms with E-state index in [9.17, 15) is 9.59 Å². The smallest absolute Gasteiger partial charge is 0.272 e. The number of hydrogen-bond acceptors (Lipinski definition) is 4. The quantitative estimate of drug-likeness (QED) is 0.561. The zero-order chi connectivity index (χ0) is 12.8. The van der Waals surface area contributed by atoms with Gasteiger partial charge < -0.3 is 16.4 Å². The number of nitrogens with two attached hydrogens (primary N) is 1. The number of aromatic nitrogens is 2. The molecular weight excluding hydrogens is 222 g/mol. The normalized spacial score (nSPS) is 11.9. The first-order chi connectivity index (χ1) is 8.06. The summed E-state index contributed by atoms with van der Waals surface area (Å²) in [5, 5.41) is 11.3. The maximum absolute atomic E-state index is 11.7. The van der Waals surface area contributed by atoms with Crippen LogP contribution in [-0.4, -0.2) is 34.6 Å².